The lowest BCUT2D eigenvalue weighted by molar-refractivity contribution is -0.150. The zero-order valence-electron chi connectivity index (χ0n) is 22.0. The van der Waals surface area contributed by atoms with E-state index in [1.165, 1.54) is 13.8 Å². The molecule has 9 nitrogen and oxygen atoms in total. The summed E-state index contributed by atoms with van der Waals surface area (Å²) in [5.41, 5.74) is -0.234. The number of carboxylic acids is 1. The third-order valence-electron chi connectivity index (χ3n) is 8.40. The van der Waals surface area contributed by atoms with E-state index in [9.17, 15) is 29.1 Å². The number of rotatable bonds is 7. The van der Waals surface area contributed by atoms with Gasteiger partial charge in [0.25, 0.3) is 0 Å². The van der Waals surface area contributed by atoms with Crippen LogP contribution in [0.4, 0.5) is 5.69 Å². The number of ether oxygens (including phenoxy) is 1. The third kappa shape index (κ3) is 4.76. The van der Waals surface area contributed by atoms with Crippen LogP contribution in [-0.2, 0) is 19.2 Å². The fourth-order valence-corrected chi connectivity index (χ4v) is 6.62. The Morgan fingerprint density at radius 3 is 2.15 bits per heavy atom. The highest BCUT2D eigenvalue weighted by molar-refractivity contribution is 6.24. The van der Waals surface area contributed by atoms with Crippen LogP contribution >= 0.6 is 0 Å². The number of fused-ring (bicyclic) bond motifs is 1. The average molecular weight is 533 g/mol. The molecule has 0 spiro atoms. The Labute approximate surface area is 226 Å². The van der Waals surface area contributed by atoms with Crippen LogP contribution in [0.15, 0.2) is 48.5 Å². The van der Waals surface area contributed by atoms with E-state index < -0.39 is 47.2 Å². The fraction of sp³-hybridized carbons (Fsp3) is 0.433. The smallest absolute Gasteiger partial charge is 0.324 e. The molecule has 5 rings (SSSR count). The van der Waals surface area contributed by atoms with E-state index in [0.29, 0.717) is 22.6 Å². The first-order chi connectivity index (χ1) is 18.6. The second-order valence-corrected chi connectivity index (χ2v) is 10.9. The Morgan fingerprint density at radius 1 is 0.949 bits per heavy atom. The van der Waals surface area contributed by atoms with Crippen molar-refractivity contribution in [1.82, 2.24) is 5.32 Å². The van der Waals surface area contributed by atoms with Crippen LogP contribution in [0.2, 0.25) is 0 Å². The van der Waals surface area contributed by atoms with Crippen LogP contribution in [0.5, 0.6) is 5.75 Å². The Hall–Kier alpha value is -3.85. The molecular formula is C30H32N2O7. The Balaban J connectivity index is 1.57. The summed E-state index contributed by atoms with van der Waals surface area (Å²) >= 11 is 0. The van der Waals surface area contributed by atoms with E-state index in [1.807, 2.05) is 0 Å². The number of Topliss-reactive ketones (excluding diaryl/α,β-unsaturated/α-hetero) is 1. The number of nitrogens with zero attached hydrogens (tertiary/aromatic N) is 1. The lowest BCUT2D eigenvalue weighted by atomic mass is 9.72. The van der Waals surface area contributed by atoms with Gasteiger partial charge in [-0.1, -0.05) is 44.2 Å². The number of carbonyl (C=O) groups is 5. The standard InChI is InChI=1S/C30H32N2O7/c1-17(33)20-8-12-22(13-9-20)32-27(35)24-25(28(32)36)30(29(37)38,16-19-6-4-3-5-7-19)31-26(24)21-10-14-23(15-11-21)39-18(2)34/h8-15,19,24-26,31H,3-7,16H2,1-2H3,(H,37,38). The van der Waals surface area contributed by atoms with Gasteiger partial charge >= 0.3 is 11.9 Å². The fourth-order valence-electron chi connectivity index (χ4n) is 6.62. The number of aliphatic carboxylic acids is 1. The van der Waals surface area contributed by atoms with E-state index in [2.05, 4.69) is 5.32 Å². The summed E-state index contributed by atoms with van der Waals surface area (Å²) in [6, 6.07) is 12.0. The number of carboxylic acid groups (broad SMARTS) is 1. The monoisotopic (exact) mass is 532 g/mol. The number of hydrogen-bond donors (Lipinski definition) is 2. The van der Waals surface area contributed by atoms with Crippen molar-refractivity contribution in [2.75, 3.05) is 4.90 Å². The van der Waals surface area contributed by atoms with Crippen LogP contribution in [-0.4, -0.2) is 40.2 Å². The minimum absolute atomic E-state index is 0.125. The number of amides is 2. The van der Waals surface area contributed by atoms with Crippen molar-refractivity contribution in [1.29, 1.82) is 0 Å². The van der Waals surface area contributed by atoms with Gasteiger partial charge in [-0.15, -0.1) is 0 Å². The Bertz CT molecular complexity index is 1310. The highest BCUT2D eigenvalue weighted by Crippen LogP contribution is 2.52. The van der Waals surface area contributed by atoms with Gasteiger partial charge in [0.2, 0.25) is 11.8 Å². The highest BCUT2D eigenvalue weighted by atomic mass is 16.5. The molecule has 2 aliphatic heterocycles. The molecular weight excluding hydrogens is 500 g/mol. The third-order valence-corrected chi connectivity index (χ3v) is 8.40. The number of nitrogens with one attached hydrogen (secondary N) is 1. The predicted molar refractivity (Wildman–Crippen MR) is 141 cm³/mol. The number of hydrogen-bond acceptors (Lipinski definition) is 7. The average Bonchev–Trinajstić information content (AvgIpc) is 3.38. The summed E-state index contributed by atoms with van der Waals surface area (Å²) in [7, 11) is 0. The molecule has 204 valence electrons. The molecule has 0 aromatic heterocycles. The van der Waals surface area contributed by atoms with Gasteiger partial charge in [-0.2, -0.15) is 0 Å². The molecule has 2 aromatic rings. The van der Waals surface area contributed by atoms with Crippen LogP contribution in [0.1, 0.15) is 74.3 Å². The maximum Gasteiger partial charge on any atom is 0.324 e. The predicted octanol–water partition coefficient (Wildman–Crippen LogP) is 4.06. The largest absolute Gasteiger partial charge is 0.480 e. The maximum atomic E-state index is 14.0. The van der Waals surface area contributed by atoms with Crippen molar-refractivity contribution in [2.45, 2.75) is 64.0 Å². The number of esters is 1. The molecule has 39 heavy (non-hydrogen) atoms. The van der Waals surface area contributed by atoms with Gasteiger partial charge in [0.05, 0.1) is 17.5 Å². The van der Waals surface area contributed by atoms with Crippen molar-refractivity contribution in [2.24, 2.45) is 17.8 Å². The highest BCUT2D eigenvalue weighted by Gasteiger charge is 2.68. The lowest BCUT2D eigenvalue weighted by Crippen LogP contribution is -2.57. The normalized spacial score (nSPS) is 26.9. The molecule has 4 atom stereocenters. The first kappa shape index (κ1) is 26.7. The minimum atomic E-state index is -1.62. The molecule has 2 amide bonds. The van der Waals surface area contributed by atoms with Crippen LogP contribution < -0.4 is 15.0 Å². The van der Waals surface area contributed by atoms with E-state index in [0.717, 1.165) is 37.0 Å². The topological polar surface area (TPSA) is 130 Å². The molecule has 3 aliphatic rings. The van der Waals surface area contributed by atoms with Crippen LogP contribution in [0, 0.1) is 17.8 Å². The molecule has 0 bridgehead atoms. The van der Waals surface area contributed by atoms with Crippen molar-refractivity contribution in [3.05, 3.63) is 59.7 Å². The Kier molecular flexibility index (Phi) is 7.11. The molecule has 1 saturated carbocycles. The molecule has 2 aromatic carbocycles. The van der Waals surface area contributed by atoms with E-state index in [1.54, 1.807) is 48.5 Å². The lowest BCUT2D eigenvalue weighted by Gasteiger charge is -2.35. The number of carbonyl (C=O) groups excluding carboxylic acids is 4. The van der Waals surface area contributed by atoms with Crippen molar-refractivity contribution >= 4 is 35.2 Å². The summed E-state index contributed by atoms with van der Waals surface area (Å²) in [4.78, 5) is 65.2. The molecule has 0 radical (unpaired) electrons. The minimum Gasteiger partial charge on any atom is -0.480 e. The summed E-state index contributed by atoms with van der Waals surface area (Å²) in [5, 5.41) is 13.9. The van der Waals surface area contributed by atoms with Gasteiger partial charge in [0.1, 0.15) is 11.3 Å². The van der Waals surface area contributed by atoms with Crippen molar-refractivity contribution in [3.8, 4) is 5.75 Å². The number of benzene rings is 2. The molecule has 2 N–H and O–H groups in total. The van der Waals surface area contributed by atoms with Crippen LogP contribution in [0.25, 0.3) is 0 Å². The van der Waals surface area contributed by atoms with Gasteiger partial charge in [0, 0.05) is 18.5 Å². The number of imide groups is 1. The van der Waals surface area contributed by atoms with Crippen molar-refractivity contribution in [3.63, 3.8) is 0 Å². The van der Waals surface area contributed by atoms with Gasteiger partial charge < -0.3 is 9.84 Å². The van der Waals surface area contributed by atoms with E-state index in [-0.39, 0.29) is 18.1 Å². The summed E-state index contributed by atoms with van der Waals surface area (Å²) in [6.45, 7) is 2.73. The summed E-state index contributed by atoms with van der Waals surface area (Å²) < 4.78 is 5.13. The summed E-state index contributed by atoms with van der Waals surface area (Å²) in [5.74, 6) is -4.37. The van der Waals surface area contributed by atoms with Gasteiger partial charge in [-0.05, 0) is 61.2 Å². The quantitative estimate of drug-likeness (QED) is 0.236. The van der Waals surface area contributed by atoms with Gasteiger partial charge in [-0.3, -0.25) is 29.3 Å². The molecule has 4 unspecified atom stereocenters. The van der Waals surface area contributed by atoms with Crippen molar-refractivity contribution < 1.29 is 33.8 Å². The van der Waals surface area contributed by atoms with E-state index in [4.69, 9.17) is 4.74 Å². The number of ketones is 1. The maximum absolute atomic E-state index is 14.0. The first-order valence-corrected chi connectivity index (χ1v) is 13.4. The van der Waals surface area contributed by atoms with Gasteiger partial charge in [-0.25, -0.2) is 4.90 Å². The SMILES string of the molecule is CC(=O)Oc1ccc(C2NC(CC3CCCCC3)(C(=O)O)C3C(=O)N(c4ccc(C(C)=O)cc4)C(=O)C23)cc1. The molecule has 2 heterocycles. The van der Waals surface area contributed by atoms with E-state index >= 15 is 0 Å². The number of anilines is 1. The molecule has 3 fully saturated rings. The zero-order chi connectivity index (χ0) is 27.9. The van der Waals surface area contributed by atoms with Crippen LogP contribution in [0.3, 0.4) is 0 Å². The second kappa shape index (κ2) is 10.4. The first-order valence-electron chi connectivity index (χ1n) is 13.4. The second-order valence-electron chi connectivity index (χ2n) is 10.9. The zero-order valence-corrected chi connectivity index (χ0v) is 22.0. The molecule has 2 saturated heterocycles. The Morgan fingerprint density at radius 2 is 1.59 bits per heavy atom. The molecule has 9 heteroatoms. The molecule has 1 aliphatic carbocycles. The summed E-state index contributed by atoms with van der Waals surface area (Å²) in [6.07, 6.45) is 5.15. The van der Waals surface area contributed by atoms with Gasteiger partial charge in [0.15, 0.2) is 5.78 Å².